The predicted octanol–water partition coefficient (Wildman–Crippen LogP) is 3.01. The van der Waals surface area contributed by atoms with Crippen molar-refractivity contribution >= 4 is 28.7 Å². The number of benzene rings is 1. The van der Waals surface area contributed by atoms with Crippen LogP contribution in [0.5, 0.6) is 0 Å². The first-order valence-corrected chi connectivity index (χ1v) is 9.56. The summed E-state index contributed by atoms with van der Waals surface area (Å²) in [5, 5.41) is 13.3. The summed E-state index contributed by atoms with van der Waals surface area (Å²) in [7, 11) is 0. The fourth-order valence-electron chi connectivity index (χ4n) is 3.67. The summed E-state index contributed by atoms with van der Waals surface area (Å²) in [6.07, 6.45) is 2.67. The Morgan fingerprint density at radius 1 is 1.48 bits per heavy atom. The zero-order chi connectivity index (χ0) is 19.0. The number of rotatable bonds is 4. The van der Waals surface area contributed by atoms with E-state index in [1.54, 1.807) is 6.20 Å². The van der Waals surface area contributed by atoms with Crippen LogP contribution in [0.4, 0.5) is 4.79 Å². The minimum Gasteiger partial charge on any atom is -0.447 e. The quantitative estimate of drug-likeness (QED) is 0.750. The molecule has 8 heteroatoms. The van der Waals surface area contributed by atoms with Crippen molar-refractivity contribution in [2.24, 2.45) is 0 Å². The number of alkyl carbamates (subject to hydrolysis) is 1. The molecule has 138 valence electrons. The van der Waals surface area contributed by atoms with Gasteiger partial charge in [0.2, 0.25) is 0 Å². The van der Waals surface area contributed by atoms with E-state index in [4.69, 9.17) is 4.74 Å². The van der Waals surface area contributed by atoms with E-state index in [-0.39, 0.29) is 12.1 Å². The van der Waals surface area contributed by atoms with Crippen LogP contribution in [0.25, 0.3) is 10.9 Å². The van der Waals surface area contributed by atoms with Crippen LogP contribution in [0, 0.1) is 11.3 Å². The van der Waals surface area contributed by atoms with Gasteiger partial charge in [-0.1, -0.05) is 0 Å². The zero-order valence-electron chi connectivity index (χ0n) is 15.1. The molecular weight excluding hydrogens is 362 g/mol. The molecule has 0 aliphatic heterocycles. The van der Waals surface area contributed by atoms with Crippen molar-refractivity contribution in [3.05, 3.63) is 46.9 Å². The first kappa shape index (κ1) is 17.5. The number of hydrogen-bond donors (Lipinski definition) is 1. The first-order chi connectivity index (χ1) is 13.0. The van der Waals surface area contributed by atoms with E-state index in [0.29, 0.717) is 12.1 Å². The van der Waals surface area contributed by atoms with Crippen LogP contribution in [0.1, 0.15) is 36.4 Å². The van der Waals surface area contributed by atoms with Crippen molar-refractivity contribution in [2.75, 3.05) is 0 Å². The molecule has 0 fully saturated rings. The number of hydrogen-bond acceptors (Lipinski definition) is 6. The van der Waals surface area contributed by atoms with E-state index in [1.165, 1.54) is 23.0 Å². The minimum atomic E-state index is -0.391. The summed E-state index contributed by atoms with van der Waals surface area (Å²) in [6.45, 7) is 4.28. The standard InChI is InChI=1S/C19H19N5O2S/c1-11(2)26-19(25)22-13-6-16-15-5-12(8-20)3-4-17(15)24(18(16)7-13)10-14-9-21-27-23-14/h3-5,9,11,13H,6-7,10H2,1-2H3,(H,22,25). The lowest BCUT2D eigenvalue weighted by atomic mass is 10.1. The van der Waals surface area contributed by atoms with E-state index in [0.717, 1.165) is 29.4 Å². The summed E-state index contributed by atoms with van der Waals surface area (Å²) in [4.78, 5) is 12.0. The largest absolute Gasteiger partial charge is 0.447 e. The smallest absolute Gasteiger partial charge is 0.407 e. The highest BCUT2D eigenvalue weighted by Crippen LogP contribution is 2.34. The van der Waals surface area contributed by atoms with Gasteiger partial charge in [-0.05, 0) is 44.0 Å². The van der Waals surface area contributed by atoms with E-state index < -0.39 is 6.09 Å². The highest BCUT2D eigenvalue weighted by molar-refractivity contribution is 6.99. The number of carbonyl (C=O) groups is 1. The molecule has 0 saturated heterocycles. The summed E-state index contributed by atoms with van der Waals surface area (Å²) < 4.78 is 15.8. The molecule has 27 heavy (non-hydrogen) atoms. The van der Waals surface area contributed by atoms with Crippen molar-refractivity contribution in [3.8, 4) is 6.07 Å². The van der Waals surface area contributed by atoms with Gasteiger partial charge in [0.15, 0.2) is 0 Å². The van der Waals surface area contributed by atoms with Gasteiger partial charge in [0, 0.05) is 29.1 Å². The van der Waals surface area contributed by atoms with Crippen molar-refractivity contribution in [2.45, 2.75) is 45.4 Å². The monoisotopic (exact) mass is 381 g/mol. The minimum absolute atomic E-state index is 0.0174. The maximum absolute atomic E-state index is 12.0. The van der Waals surface area contributed by atoms with E-state index in [9.17, 15) is 10.1 Å². The number of fused-ring (bicyclic) bond motifs is 3. The summed E-state index contributed by atoms with van der Waals surface area (Å²) in [6, 6.07) is 7.95. The maximum atomic E-state index is 12.0. The molecule has 1 amide bonds. The molecule has 1 aliphatic rings. The van der Waals surface area contributed by atoms with Crippen molar-refractivity contribution in [3.63, 3.8) is 0 Å². The van der Waals surface area contributed by atoms with Gasteiger partial charge in [-0.2, -0.15) is 14.0 Å². The van der Waals surface area contributed by atoms with Gasteiger partial charge in [-0.3, -0.25) is 0 Å². The van der Waals surface area contributed by atoms with Crippen LogP contribution in [0.2, 0.25) is 0 Å². The third-order valence-corrected chi connectivity index (χ3v) is 5.21. The number of aromatic nitrogens is 3. The van der Waals surface area contributed by atoms with Crippen LogP contribution in [-0.4, -0.2) is 31.6 Å². The van der Waals surface area contributed by atoms with Crippen LogP contribution in [-0.2, 0) is 24.1 Å². The molecular formula is C19H19N5O2S. The van der Waals surface area contributed by atoms with Gasteiger partial charge in [0.1, 0.15) is 0 Å². The summed E-state index contributed by atoms with van der Waals surface area (Å²) in [5.74, 6) is 0. The van der Waals surface area contributed by atoms with Gasteiger partial charge in [-0.25, -0.2) is 4.79 Å². The van der Waals surface area contributed by atoms with Crippen LogP contribution in [0.15, 0.2) is 24.4 Å². The molecule has 0 saturated carbocycles. The van der Waals surface area contributed by atoms with Crippen LogP contribution >= 0.6 is 11.7 Å². The Bertz CT molecular complexity index is 1030. The van der Waals surface area contributed by atoms with Crippen LogP contribution in [0.3, 0.4) is 0 Å². The van der Waals surface area contributed by atoms with E-state index >= 15 is 0 Å². The van der Waals surface area contributed by atoms with Crippen molar-refractivity contribution < 1.29 is 9.53 Å². The Morgan fingerprint density at radius 3 is 3.04 bits per heavy atom. The average molecular weight is 381 g/mol. The highest BCUT2D eigenvalue weighted by atomic mass is 32.1. The Kier molecular flexibility index (Phi) is 4.54. The lowest BCUT2D eigenvalue weighted by molar-refractivity contribution is 0.112. The topological polar surface area (TPSA) is 92.8 Å². The number of nitrogens with zero attached hydrogens (tertiary/aromatic N) is 4. The molecule has 0 bridgehead atoms. The second-order valence-corrected chi connectivity index (χ2v) is 7.51. The molecule has 1 unspecified atom stereocenters. The highest BCUT2D eigenvalue weighted by Gasteiger charge is 2.30. The van der Waals surface area contributed by atoms with E-state index in [2.05, 4.69) is 24.7 Å². The zero-order valence-corrected chi connectivity index (χ0v) is 15.9. The molecule has 0 spiro atoms. The normalized spacial score (nSPS) is 15.7. The molecule has 0 radical (unpaired) electrons. The predicted molar refractivity (Wildman–Crippen MR) is 102 cm³/mol. The second-order valence-electron chi connectivity index (χ2n) is 6.96. The SMILES string of the molecule is CC(C)OC(=O)NC1Cc2c(n(Cc3cnsn3)c3ccc(C#N)cc23)C1. The maximum Gasteiger partial charge on any atom is 0.407 e. The Morgan fingerprint density at radius 2 is 2.33 bits per heavy atom. The van der Waals surface area contributed by atoms with Crippen LogP contribution < -0.4 is 5.32 Å². The molecule has 1 atom stereocenters. The van der Waals surface area contributed by atoms with Gasteiger partial charge in [0.05, 0.1) is 47.9 Å². The summed E-state index contributed by atoms with van der Waals surface area (Å²) in [5.41, 5.74) is 4.96. The second kappa shape index (κ2) is 7.00. The Hall–Kier alpha value is -2.92. The van der Waals surface area contributed by atoms with Gasteiger partial charge < -0.3 is 14.6 Å². The molecule has 1 N–H and O–H groups in total. The average Bonchev–Trinajstić information content (AvgIpc) is 3.32. The number of ether oxygens (including phenoxy) is 1. The van der Waals surface area contributed by atoms with Gasteiger partial charge in [0.25, 0.3) is 0 Å². The Balaban J connectivity index is 1.69. The third-order valence-electron chi connectivity index (χ3n) is 4.70. The summed E-state index contributed by atoms with van der Waals surface area (Å²) >= 11 is 1.19. The molecule has 7 nitrogen and oxygen atoms in total. The van der Waals surface area contributed by atoms with Gasteiger partial charge >= 0.3 is 6.09 Å². The molecule has 1 aliphatic carbocycles. The first-order valence-electron chi connectivity index (χ1n) is 8.83. The molecule has 2 aromatic heterocycles. The lowest BCUT2D eigenvalue weighted by Crippen LogP contribution is -2.37. The van der Waals surface area contributed by atoms with Crippen molar-refractivity contribution in [1.29, 1.82) is 5.26 Å². The lowest BCUT2D eigenvalue weighted by Gasteiger charge is -2.15. The fourth-order valence-corrected chi connectivity index (χ4v) is 4.10. The van der Waals surface area contributed by atoms with Gasteiger partial charge in [-0.15, -0.1) is 0 Å². The molecule has 1 aromatic carbocycles. The Labute approximate surface area is 160 Å². The molecule has 4 rings (SSSR count). The number of amides is 1. The number of nitriles is 1. The van der Waals surface area contributed by atoms with E-state index in [1.807, 2.05) is 32.0 Å². The fraction of sp³-hybridized carbons (Fsp3) is 0.368. The number of carbonyl (C=O) groups excluding carboxylic acids is 1. The molecule has 2 heterocycles. The number of nitrogens with one attached hydrogen (secondary N) is 1. The third kappa shape index (κ3) is 3.38. The van der Waals surface area contributed by atoms with Crippen molar-refractivity contribution in [1.82, 2.24) is 18.6 Å². The molecule has 3 aromatic rings.